The van der Waals surface area contributed by atoms with Crippen molar-refractivity contribution in [2.24, 2.45) is 0 Å². The molecule has 0 unspecified atom stereocenters. The molecule has 0 aromatic carbocycles. The summed E-state index contributed by atoms with van der Waals surface area (Å²) in [6.07, 6.45) is 5.14. The molecule has 0 atom stereocenters. The van der Waals surface area contributed by atoms with Crippen molar-refractivity contribution in [3.63, 3.8) is 0 Å². The van der Waals surface area contributed by atoms with Gasteiger partial charge in [-0.25, -0.2) is 4.98 Å². The first-order chi connectivity index (χ1) is 8.76. The summed E-state index contributed by atoms with van der Waals surface area (Å²) in [6, 6.07) is 2.11. The Morgan fingerprint density at radius 2 is 2.11 bits per heavy atom. The van der Waals surface area contributed by atoms with Gasteiger partial charge in [-0.3, -0.25) is 0 Å². The largest absolute Gasteiger partial charge is 0.474 e. The maximum Gasteiger partial charge on any atom is 0.227 e. The summed E-state index contributed by atoms with van der Waals surface area (Å²) in [5.41, 5.74) is 0. The number of hydrogen-bond donors (Lipinski definition) is 1. The highest BCUT2D eigenvalue weighted by molar-refractivity contribution is 7.18. The van der Waals surface area contributed by atoms with Crippen LogP contribution in [-0.4, -0.2) is 23.1 Å². The van der Waals surface area contributed by atoms with Gasteiger partial charge in [0, 0.05) is 11.9 Å². The van der Waals surface area contributed by atoms with E-state index in [4.69, 9.17) is 4.74 Å². The molecule has 0 amide bonds. The number of ether oxygens (including phenoxy) is 1. The molecule has 2 heterocycles. The Bertz CT molecular complexity index is 561. The van der Waals surface area contributed by atoms with E-state index in [0.717, 1.165) is 28.9 Å². The first kappa shape index (κ1) is 11.7. The molecule has 5 heteroatoms. The van der Waals surface area contributed by atoms with Crippen LogP contribution in [0.5, 0.6) is 5.88 Å². The zero-order valence-corrected chi connectivity index (χ0v) is 11.5. The van der Waals surface area contributed by atoms with Gasteiger partial charge in [0.15, 0.2) is 0 Å². The number of nitrogens with one attached hydrogen (secondary N) is 1. The number of aryl methyl sites for hydroxylation is 1. The minimum atomic E-state index is 0.327. The second-order valence-corrected chi connectivity index (χ2v) is 5.94. The molecule has 1 aliphatic carbocycles. The van der Waals surface area contributed by atoms with Gasteiger partial charge < -0.3 is 10.1 Å². The van der Waals surface area contributed by atoms with Crippen molar-refractivity contribution in [2.75, 3.05) is 12.4 Å². The second kappa shape index (κ2) is 4.72. The number of anilines is 1. The summed E-state index contributed by atoms with van der Waals surface area (Å²) < 4.78 is 6.06. The van der Waals surface area contributed by atoms with Crippen LogP contribution in [0.25, 0.3) is 10.2 Å². The number of rotatable bonds is 3. The Morgan fingerprint density at radius 1 is 1.33 bits per heavy atom. The molecule has 1 saturated carbocycles. The monoisotopic (exact) mass is 263 g/mol. The van der Waals surface area contributed by atoms with Crippen LogP contribution >= 0.6 is 11.3 Å². The average Bonchev–Trinajstić information content (AvgIpc) is 2.97. The van der Waals surface area contributed by atoms with Crippen LogP contribution < -0.4 is 10.1 Å². The molecular formula is C13H17N3OS. The highest BCUT2D eigenvalue weighted by atomic mass is 32.1. The molecule has 3 rings (SSSR count). The van der Waals surface area contributed by atoms with Crippen LogP contribution in [0.1, 0.15) is 30.6 Å². The number of hydrogen-bond acceptors (Lipinski definition) is 5. The van der Waals surface area contributed by atoms with Crippen molar-refractivity contribution in [1.29, 1.82) is 0 Å². The number of nitrogens with zero attached hydrogens (tertiary/aromatic N) is 2. The molecule has 18 heavy (non-hydrogen) atoms. The molecule has 0 saturated heterocycles. The standard InChI is InChI=1S/C13H17N3OS/c1-8-7-10-11(17-9-5-3-4-6-9)15-13(14-2)16-12(10)18-8/h7,9H,3-6H2,1-2H3,(H,14,15,16). The van der Waals surface area contributed by atoms with E-state index in [0.29, 0.717) is 12.1 Å². The van der Waals surface area contributed by atoms with Gasteiger partial charge in [0.25, 0.3) is 0 Å². The van der Waals surface area contributed by atoms with E-state index in [9.17, 15) is 0 Å². The van der Waals surface area contributed by atoms with Crippen molar-refractivity contribution >= 4 is 27.5 Å². The van der Waals surface area contributed by atoms with E-state index < -0.39 is 0 Å². The summed E-state index contributed by atoms with van der Waals surface area (Å²) in [7, 11) is 1.83. The number of aromatic nitrogens is 2. The Balaban J connectivity index is 2.01. The van der Waals surface area contributed by atoms with Crippen molar-refractivity contribution in [1.82, 2.24) is 9.97 Å². The Labute approximate surface area is 110 Å². The SMILES string of the molecule is CNc1nc(OC2CCCC2)c2cc(C)sc2n1. The Morgan fingerprint density at radius 3 is 2.83 bits per heavy atom. The maximum absolute atomic E-state index is 6.06. The van der Waals surface area contributed by atoms with Crippen LogP contribution in [-0.2, 0) is 0 Å². The number of fused-ring (bicyclic) bond motifs is 1. The first-order valence-electron chi connectivity index (χ1n) is 6.39. The summed E-state index contributed by atoms with van der Waals surface area (Å²) in [6.45, 7) is 2.09. The molecule has 1 fully saturated rings. The van der Waals surface area contributed by atoms with E-state index >= 15 is 0 Å². The molecule has 1 N–H and O–H groups in total. The van der Waals surface area contributed by atoms with Crippen LogP contribution in [0.2, 0.25) is 0 Å². The third-order valence-corrected chi connectivity index (χ3v) is 4.23. The van der Waals surface area contributed by atoms with Crippen molar-refractivity contribution in [2.45, 2.75) is 38.7 Å². The van der Waals surface area contributed by atoms with Gasteiger partial charge in [0.1, 0.15) is 10.9 Å². The fourth-order valence-corrected chi connectivity index (χ4v) is 3.25. The summed E-state index contributed by atoms with van der Waals surface area (Å²) in [5.74, 6) is 1.37. The van der Waals surface area contributed by atoms with E-state index in [1.165, 1.54) is 17.7 Å². The molecule has 0 aliphatic heterocycles. The lowest BCUT2D eigenvalue weighted by Gasteiger charge is -2.13. The normalized spacial score (nSPS) is 16.3. The minimum absolute atomic E-state index is 0.327. The summed E-state index contributed by atoms with van der Waals surface area (Å²) in [4.78, 5) is 11.2. The predicted molar refractivity (Wildman–Crippen MR) is 74.6 cm³/mol. The molecule has 96 valence electrons. The van der Waals surface area contributed by atoms with Crippen LogP contribution in [0.3, 0.4) is 0 Å². The quantitative estimate of drug-likeness (QED) is 0.922. The van der Waals surface area contributed by atoms with E-state index in [1.54, 1.807) is 11.3 Å². The smallest absolute Gasteiger partial charge is 0.227 e. The third-order valence-electron chi connectivity index (χ3n) is 3.29. The van der Waals surface area contributed by atoms with Crippen molar-refractivity contribution < 1.29 is 4.74 Å². The fourth-order valence-electron chi connectivity index (χ4n) is 2.38. The highest BCUT2D eigenvalue weighted by Gasteiger charge is 2.19. The Hall–Kier alpha value is -1.36. The average molecular weight is 263 g/mol. The number of thiophene rings is 1. The highest BCUT2D eigenvalue weighted by Crippen LogP contribution is 2.33. The van der Waals surface area contributed by atoms with Gasteiger partial charge >= 0.3 is 0 Å². The molecule has 4 nitrogen and oxygen atoms in total. The van der Waals surface area contributed by atoms with E-state index in [1.807, 2.05) is 7.05 Å². The minimum Gasteiger partial charge on any atom is -0.474 e. The van der Waals surface area contributed by atoms with Gasteiger partial charge in [-0.15, -0.1) is 11.3 Å². The van der Waals surface area contributed by atoms with Gasteiger partial charge in [-0.05, 0) is 38.7 Å². The molecule has 0 bridgehead atoms. The molecular weight excluding hydrogens is 246 g/mol. The zero-order valence-electron chi connectivity index (χ0n) is 10.7. The van der Waals surface area contributed by atoms with Crippen LogP contribution in [0, 0.1) is 6.92 Å². The van der Waals surface area contributed by atoms with E-state index in [-0.39, 0.29) is 0 Å². The summed E-state index contributed by atoms with van der Waals surface area (Å²) in [5, 5.41) is 4.04. The molecule has 2 aromatic heterocycles. The third kappa shape index (κ3) is 2.14. The van der Waals surface area contributed by atoms with Gasteiger partial charge in [0.2, 0.25) is 11.8 Å². The van der Waals surface area contributed by atoms with Gasteiger partial charge in [-0.2, -0.15) is 4.98 Å². The maximum atomic E-state index is 6.06. The predicted octanol–water partition coefficient (Wildman–Crippen LogP) is 3.36. The summed E-state index contributed by atoms with van der Waals surface area (Å²) >= 11 is 1.68. The van der Waals surface area contributed by atoms with Gasteiger partial charge in [-0.1, -0.05) is 0 Å². The topological polar surface area (TPSA) is 47.0 Å². The fraction of sp³-hybridized carbons (Fsp3) is 0.538. The Kier molecular flexibility index (Phi) is 3.07. The lowest BCUT2D eigenvalue weighted by molar-refractivity contribution is 0.204. The first-order valence-corrected chi connectivity index (χ1v) is 7.20. The van der Waals surface area contributed by atoms with Crippen LogP contribution in [0.15, 0.2) is 6.07 Å². The van der Waals surface area contributed by atoms with Gasteiger partial charge in [0.05, 0.1) is 5.39 Å². The molecule has 2 aromatic rings. The molecule has 0 radical (unpaired) electrons. The lowest BCUT2D eigenvalue weighted by atomic mass is 10.3. The van der Waals surface area contributed by atoms with E-state index in [2.05, 4.69) is 28.3 Å². The van der Waals surface area contributed by atoms with Crippen molar-refractivity contribution in [3.05, 3.63) is 10.9 Å². The van der Waals surface area contributed by atoms with Crippen LogP contribution in [0.4, 0.5) is 5.95 Å². The zero-order chi connectivity index (χ0) is 12.5. The molecule has 1 aliphatic rings. The molecule has 0 spiro atoms. The second-order valence-electron chi connectivity index (χ2n) is 4.70. The lowest BCUT2D eigenvalue weighted by Crippen LogP contribution is -2.12. The van der Waals surface area contributed by atoms with Crippen molar-refractivity contribution in [3.8, 4) is 5.88 Å².